The van der Waals surface area contributed by atoms with E-state index < -0.39 is 11.9 Å². The molecule has 0 aliphatic rings. The van der Waals surface area contributed by atoms with Crippen molar-refractivity contribution in [3.8, 4) is 5.75 Å². The molecule has 2 aromatic rings. The smallest absolute Gasteiger partial charge is 0.342 e. The number of benzene rings is 2. The van der Waals surface area contributed by atoms with Crippen LogP contribution in [0.3, 0.4) is 0 Å². The van der Waals surface area contributed by atoms with Crippen LogP contribution in [0, 0.1) is 0 Å². The van der Waals surface area contributed by atoms with E-state index in [1.165, 1.54) is 5.56 Å². The molecule has 0 bridgehead atoms. The van der Waals surface area contributed by atoms with E-state index in [4.69, 9.17) is 15.2 Å². The number of primary amides is 1. The molecule has 25 heavy (non-hydrogen) atoms. The number of nitrogens with two attached hydrogens (primary N) is 1. The number of hydrogen-bond donors (Lipinski definition) is 1. The van der Waals surface area contributed by atoms with Gasteiger partial charge in [0.05, 0.1) is 0 Å². The third kappa shape index (κ3) is 5.35. The molecule has 2 aromatic carbocycles. The molecule has 2 rings (SSSR count). The second kappa shape index (κ2) is 7.83. The third-order valence-corrected chi connectivity index (χ3v) is 3.67. The fourth-order valence-corrected chi connectivity index (χ4v) is 2.24. The van der Waals surface area contributed by atoms with Crippen molar-refractivity contribution in [1.29, 1.82) is 0 Å². The Bertz CT molecular complexity index is 745. The van der Waals surface area contributed by atoms with Gasteiger partial charge in [-0.25, -0.2) is 4.79 Å². The summed E-state index contributed by atoms with van der Waals surface area (Å²) in [6.45, 7) is 6.30. The molecule has 0 atom stereocenters. The summed E-state index contributed by atoms with van der Waals surface area (Å²) in [5.41, 5.74) is 7.51. The second-order valence-corrected chi connectivity index (χ2v) is 6.77. The Morgan fingerprint density at radius 2 is 1.64 bits per heavy atom. The van der Waals surface area contributed by atoms with Gasteiger partial charge in [-0.1, -0.05) is 57.2 Å². The Morgan fingerprint density at radius 3 is 2.24 bits per heavy atom. The molecule has 0 unspecified atom stereocenters. The number of amides is 1. The van der Waals surface area contributed by atoms with Crippen LogP contribution >= 0.6 is 0 Å². The molecule has 1 amide bonds. The van der Waals surface area contributed by atoms with Crippen LogP contribution in [0.15, 0.2) is 48.5 Å². The van der Waals surface area contributed by atoms with Gasteiger partial charge in [-0.05, 0) is 28.7 Å². The lowest BCUT2D eigenvalue weighted by Gasteiger charge is -2.19. The number of hydrogen-bond acceptors (Lipinski definition) is 4. The maximum atomic E-state index is 12.3. The Balaban J connectivity index is 2.02. The summed E-state index contributed by atoms with van der Waals surface area (Å²) in [7, 11) is 0. The van der Waals surface area contributed by atoms with Gasteiger partial charge in [0.25, 0.3) is 5.91 Å². The predicted molar refractivity (Wildman–Crippen MR) is 95.4 cm³/mol. The summed E-state index contributed by atoms with van der Waals surface area (Å²) < 4.78 is 10.6. The standard InChI is InChI=1S/C20H23NO4/c1-20(2,3)15-10-8-14(9-11-15)12-25-19(23)16-6-4-5-7-17(16)24-13-18(21)22/h4-11H,12-13H2,1-3H3,(H2,21,22). The lowest BCUT2D eigenvalue weighted by molar-refractivity contribution is -0.119. The van der Waals surface area contributed by atoms with Crippen molar-refractivity contribution in [2.75, 3.05) is 6.61 Å². The van der Waals surface area contributed by atoms with Crippen LogP contribution in [0.1, 0.15) is 42.3 Å². The first-order valence-corrected chi connectivity index (χ1v) is 8.04. The van der Waals surface area contributed by atoms with Crippen LogP contribution in [-0.4, -0.2) is 18.5 Å². The lowest BCUT2D eigenvalue weighted by atomic mass is 9.87. The zero-order valence-electron chi connectivity index (χ0n) is 14.7. The SMILES string of the molecule is CC(C)(C)c1ccc(COC(=O)c2ccccc2OCC(N)=O)cc1. The molecule has 132 valence electrons. The summed E-state index contributed by atoms with van der Waals surface area (Å²) >= 11 is 0. The van der Waals surface area contributed by atoms with Gasteiger partial charge in [0.15, 0.2) is 6.61 Å². The summed E-state index contributed by atoms with van der Waals surface area (Å²) in [6.07, 6.45) is 0. The number of carbonyl (C=O) groups excluding carboxylic acids is 2. The first-order valence-electron chi connectivity index (χ1n) is 8.04. The van der Waals surface area contributed by atoms with Crippen molar-refractivity contribution >= 4 is 11.9 Å². The maximum Gasteiger partial charge on any atom is 0.342 e. The van der Waals surface area contributed by atoms with Gasteiger partial charge in [0, 0.05) is 0 Å². The topological polar surface area (TPSA) is 78.6 Å². The van der Waals surface area contributed by atoms with Crippen LogP contribution in [0.5, 0.6) is 5.75 Å². The normalized spacial score (nSPS) is 11.0. The van der Waals surface area contributed by atoms with Crippen LogP contribution in [0.4, 0.5) is 0 Å². The summed E-state index contributed by atoms with van der Waals surface area (Å²) in [6, 6.07) is 14.6. The first kappa shape index (κ1) is 18.5. The largest absolute Gasteiger partial charge is 0.483 e. The predicted octanol–water partition coefficient (Wildman–Crippen LogP) is 3.21. The molecule has 0 spiro atoms. The highest BCUT2D eigenvalue weighted by molar-refractivity contribution is 5.92. The summed E-state index contributed by atoms with van der Waals surface area (Å²) in [4.78, 5) is 23.1. The van der Waals surface area contributed by atoms with E-state index >= 15 is 0 Å². The number of rotatable bonds is 6. The van der Waals surface area contributed by atoms with Crippen molar-refractivity contribution in [1.82, 2.24) is 0 Å². The molecule has 5 heteroatoms. The van der Waals surface area contributed by atoms with Crippen LogP contribution in [0.25, 0.3) is 0 Å². The Morgan fingerprint density at radius 1 is 1.00 bits per heavy atom. The minimum Gasteiger partial charge on any atom is -0.483 e. The number of ether oxygens (including phenoxy) is 2. The van der Waals surface area contributed by atoms with Crippen molar-refractivity contribution in [2.45, 2.75) is 32.8 Å². The summed E-state index contributed by atoms with van der Waals surface area (Å²) in [5, 5.41) is 0. The average Bonchev–Trinajstić information content (AvgIpc) is 2.57. The number of esters is 1. The van der Waals surface area contributed by atoms with Gasteiger partial charge in [-0.15, -0.1) is 0 Å². The van der Waals surface area contributed by atoms with Crippen molar-refractivity contribution in [2.24, 2.45) is 5.73 Å². The highest BCUT2D eigenvalue weighted by Gasteiger charge is 2.15. The van der Waals surface area contributed by atoms with E-state index in [0.29, 0.717) is 0 Å². The third-order valence-electron chi connectivity index (χ3n) is 3.67. The molecule has 2 N–H and O–H groups in total. The molecule has 0 aliphatic heterocycles. The van der Waals surface area contributed by atoms with E-state index in [-0.39, 0.29) is 29.9 Å². The van der Waals surface area contributed by atoms with E-state index in [1.54, 1.807) is 24.3 Å². The Kier molecular flexibility index (Phi) is 5.80. The molecule has 0 radical (unpaired) electrons. The summed E-state index contributed by atoms with van der Waals surface area (Å²) in [5.74, 6) is -0.851. The molecule has 0 saturated carbocycles. The van der Waals surface area contributed by atoms with Crippen LogP contribution in [-0.2, 0) is 21.6 Å². The fourth-order valence-electron chi connectivity index (χ4n) is 2.24. The molecule has 0 aliphatic carbocycles. The van der Waals surface area contributed by atoms with Gasteiger partial charge in [-0.2, -0.15) is 0 Å². The van der Waals surface area contributed by atoms with Gasteiger partial charge >= 0.3 is 5.97 Å². The van der Waals surface area contributed by atoms with Crippen LogP contribution in [0.2, 0.25) is 0 Å². The highest BCUT2D eigenvalue weighted by atomic mass is 16.5. The van der Waals surface area contributed by atoms with Gasteiger partial charge in [-0.3, -0.25) is 4.79 Å². The molecular weight excluding hydrogens is 318 g/mol. The van der Waals surface area contributed by atoms with Crippen molar-refractivity contribution in [3.05, 3.63) is 65.2 Å². The van der Waals surface area contributed by atoms with Crippen molar-refractivity contribution in [3.63, 3.8) is 0 Å². The number of para-hydroxylation sites is 1. The zero-order chi connectivity index (χ0) is 18.4. The van der Waals surface area contributed by atoms with Gasteiger partial charge in [0.2, 0.25) is 0 Å². The molecule has 0 fully saturated rings. The molecule has 0 heterocycles. The minimum absolute atomic E-state index is 0.0753. The van der Waals surface area contributed by atoms with Crippen molar-refractivity contribution < 1.29 is 19.1 Å². The molecule has 0 aromatic heterocycles. The average molecular weight is 341 g/mol. The van der Waals surface area contributed by atoms with E-state index in [2.05, 4.69) is 20.8 Å². The maximum absolute atomic E-state index is 12.3. The fraction of sp³-hybridized carbons (Fsp3) is 0.300. The lowest BCUT2D eigenvalue weighted by Crippen LogP contribution is -2.21. The Hall–Kier alpha value is -2.82. The van der Waals surface area contributed by atoms with E-state index in [0.717, 1.165) is 5.56 Å². The number of carbonyl (C=O) groups is 2. The quantitative estimate of drug-likeness (QED) is 0.818. The second-order valence-electron chi connectivity index (χ2n) is 6.77. The zero-order valence-corrected chi connectivity index (χ0v) is 14.7. The van der Waals surface area contributed by atoms with Gasteiger partial charge < -0.3 is 15.2 Å². The molecule has 0 saturated heterocycles. The van der Waals surface area contributed by atoms with E-state index in [1.807, 2.05) is 24.3 Å². The molecule has 5 nitrogen and oxygen atoms in total. The molecular formula is C20H23NO4. The van der Waals surface area contributed by atoms with Gasteiger partial charge in [0.1, 0.15) is 17.9 Å². The van der Waals surface area contributed by atoms with Crippen LogP contribution < -0.4 is 10.5 Å². The monoisotopic (exact) mass is 341 g/mol. The minimum atomic E-state index is -0.609. The van der Waals surface area contributed by atoms with E-state index in [9.17, 15) is 9.59 Å². The first-order chi connectivity index (χ1) is 11.8. The highest BCUT2D eigenvalue weighted by Crippen LogP contribution is 2.23. The Labute approximate surface area is 147 Å².